The minimum absolute atomic E-state index is 0.000602. The Morgan fingerprint density at radius 1 is 0.947 bits per heavy atom. The Morgan fingerprint density at radius 2 is 1.42 bits per heavy atom. The van der Waals surface area contributed by atoms with Crippen LogP contribution in [-0.4, -0.2) is 29.3 Å². The smallest absolute Gasteiger partial charge is 0.339 e. The van der Waals surface area contributed by atoms with E-state index >= 15 is 0 Å². The summed E-state index contributed by atoms with van der Waals surface area (Å²) in [7, 11) is 0. The van der Waals surface area contributed by atoms with Crippen LogP contribution in [0.4, 0.5) is 0 Å². The molecule has 19 heavy (non-hydrogen) atoms. The molecule has 0 unspecified atom stereocenters. The third-order valence-corrected chi connectivity index (χ3v) is 2.13. The highest BCUT2D eigenvalue weighted by Crippen LogP contribution is 2.19. The van der Waals surface area contributed by atoms with Crippen molar-refractivity contribution in [2.24, 2.45) is 0 Å². The Hall–Kier alpha value is -2.04. The topological polar surface area (TPSA) is 72.8 Å². The lowest BCUT2D eigenvalue weighted by molar-refractivity contribution is 0.0327. The number of hydrogen-bond acceptors (Lipinski definition) is 5. The van der Waals surface area contributed by atoms with Crippen LogP contribution >= 0.6 is 0 Å². The lowest BCUT2D eigenvalue weighted by Gasteiger charge is -2.13. The van der Waals surface area contributed by atoms with E-state index in [1.54, 1.807) is 27.7 Å². The van der Waals surface area contributed by atoms with Gasteiger partial charge in [-0.3, -0.25) is 0 Å². The van der Waals surface area contributed by atoms with E-state index in [2.05, 4.69) is 0 Å². The maximum atomic E-state index is 11.9. The van der Waals surface area contributed by atoms with Crippen LogP contribution < -0.4 is 0 Å². The lowest BCUT2D eigenvalue weighted by Crippen LogP contribution is -2.18. The van der Waals surface area contributed by atoms with Crippen molar-refractivity contribution in [1.29, 1.82) is 0 Å². The molecular formula is C14H18O5. The number of phenolic OH excluding ortho intramolecular Hbond substituents is 1. The van der Waals surface area contributed by atoms with E-state index in [1.165, 1.54) is 18.2 Å². The van der Waals surface area contributed by atoms with Crippen LogP contribution in [0.25, 0.3) is 0 Å². The molecule has 1 aromatic rings. The molecule has 0 aliphatic heterocycles. The number of ether oxygens (including phenoxy) is 2. The van der Waals surface area contributed by atoms with Crippen molar-refractivity contribution in [3.05, 3.63) is 29.3 Å². The van der Waals surface area contributed by atoms with Crippen LogP contribution in [0.3, 0.4) is 0 Å². The monoisotopic (exact) mass is 266 g/mol. The molecule has 0 saturated carbocycles. The summed E-state index contributed by atoms with van der Waals surface area (Å²) in [6.07, 6.45) is -0.612. The molecule has 0 heterocycles. The number of aromatic hydroxyl groups is 1. The standard InChI is InChI=1S/C14H18O5/c1-8(2)18-13(16)11-6-5-10(15)7-12(11)14(17)19-9(3)4/h5-9,15H,1-4H3. The minimum atomic E-state index is -0.665. The molecule has 0 aromatic heterocycles. The molecule has 0 saturated heterocycles. The average Bonchev–Trinajstić information content (AvgIpc) is 2.26. The molecular weight excluding hydrogens is 248 g/mol. The Labute approximate surface area is 112 Å². The molecule has 0 aliphatic carbocycles. The summed E-state index contributed by atoms with van der Waals surface area (Å²) in [5.74, 6) is -1.40. The molecule has 0 radical (unpaired) electrons. The number of phenols is 1. The van der Waals surface area contributed by atoms with Crippen LogP contribution in [0.1, 0.15) is 48.4 Å². The van der Waals surface area contributed by atoms with Crippen molar-refractivity contribution in [2.45, 2.75) is 39.9 Å². The second-order valence-corrected chi connectivity index (χ2v) is 4.64. The van der Waals surface area contributed by atoms with E-state index in [1.807, 2.05) is 0 Å². The minimum Gasteiger partial charge on any atom is -0.508 e. The van der Waals surface area contributed by atoms with E-state index in [-0.39, 0.29) is 29.1 Å². The summed E-state index contributed by atoms with van der Waals surface area (Å²) in [6, 6.07) is 3.86. The summed E-state index contributed by atoms with van der Waals surface area (Å²) in [6.45, 7) is 6.83. The number of rotatable bonds is 4. The van der Waals surface area contributed by atoms with Crippen molar-refractivity contribution in [2.75, 3.05) is 0 Å². The fraction of sp³-hybridized carbons (Fsp3) is 0.429. The first-order chi connectivity index (χ1) is 8.81. The number of benzene rings is 1. The van der Waals surface area contributed by atoms with Crippen molar-refractivity contribution in [3.63, 3.8) is 0 Å². The van der Waals surface area contributed by atoms with Crippen LogP contribution in [0.5, 0.6) is 5.75 Å². The second kappa shape index (κ2) is 6.22. The summed E-state index contributed by atoms with van der Waals surface area (Å²) in [4.78, 5) is 23.7. The predicted molar refractivity (Wildman–Crippen MR) is 69.2 cm³/mol. The molecule has 0 fully saturated rings. The lowest BCUT2D eigenvalue weighted by atomic mass is 10.1. The summed E-state index contributed by atoms with van der Waals surface area (Å²) >= 11 is 0. The molecule has 5 nitrogen and oxygen atoms in total. The molecule has 1 N–H and O–H groups in total. The van der Waals surface area contributed by atoms with E-state index in [9.17, 15) is 14.7 Å². The van der Waals surface area contributed by atoms with Crippen molar-refractivity contribution in [3.8, 4) is 5.75 Å². The fourth-order valence-corrected chi connectivity index (χ4v) is 1.43. The van der Waals surface area contributed by atoms with Gasteiger partial charge >= 0.3 is 11.9 Å². The van der Waals surface area contributed by atoms with Gasteiger partial charge < -0.3 is 14.6 Å². The van der Waals surface area contributed by atoms with Gasteiger partial charge in [0, 0.05) is 0 Å². The van der Waals surface area contributed by atoms with E-state index < -0.39 is 11.9 Å². The fourth-order valence-electron chi connectivity index (χ4n) is 1.43. The van der Waals surface area contributed by atoms with Gasteiger partial charge in [0.1, 0.15) is 5.75 Å². The van der Waals surface area contributed by atoms with Gasteiger partial charge in [-0.1, -0.05) is 0 Å². The quantitative estimate of drug-likeness (QED) is 0.848. The van der Waals surface area contributed by atoms with Gasteiger partial charge in [0.2, 0.25) is 0 Å². The summed E-state index contributed by atoms with van der Waals surface area (Å²) in [5.41, 5.74) is 0.0801. The largest absolute Gasteiger partial charge is 0.508 e. The average molecular weight is 266 g/mol. The van der Waals surface area contributed by atoms with E-state index in [0.717, 1.165) is 0 Å². The zero-order valence-electron chi connectivity index (χ0n) is 11.5. The molecule has 1 aromatic carbocycles. The van der Waals surface area contributed by atoms with Gasteiger partial charge in [-0.25, -0.2) is 9.59 Å². The van der Waals surface area contributed by atoms with Crippen LogP contribution in [-0.2, 0) is 9.47 Å². The number of esters is 2. The Bertz CT molecular complexity index is 477. The molecule has 5 heteroatoms. The molecule has 0 bridgehead atoms. The third-order valence-electron chi connectivity index (χ3n) is 2.13. The van der Waals surface area contributed by atoms with Gasteiger partial charge in [-0.05, 0) is 45.9 Å². The molecule has 0 aliphatic rings. The summed E-state index contributed by atoms with van der Waals surface area (Å²) in [5, 5.41) is 9.42. The highest BCUT2D eigenvalue weighted by Gasteiger charge is 2.21. The van der Waals surface area contributed by atoms with Gasteiger partial charge in [0.25, 0.3) is 0 Å². The first-order valence-corrected chi connectivity index (χ1v) is 6.06. The summed E-state index contributed by atoms with van der Waals surface area (Å²) < 4.78 is 10.1. The molecule has 0 amide bonds. The van der Waals surface area contributed by atoms with E-state index in [4.69, 9.17) is 9.47 Å². The molecule has 0 spiro atoms. The Kier molecular flexibility index (Phi) is 4.92. The maximum Gasteiger partial charge on any atom is 0.339 e. The van der Waals surface area contributed by atoms with Gasteiger partial charge in [0.05, 0.1) is 23.3 Å². The third kappa shape index (κ3) is 4.28. The normalized spacial score (nSPS) is 10.6. The highest BCUT2D eigenvalue weighted by molar-refractivity contribution is 6.03. The number of hydrogen-bond donors (Lipinski definition) is 1. The number of carbonyl (C=O) groups is 2. The van der Waals surface area contributed by atoms with E-state index in [0.29, 0.717) is 0 Å². The Morgan fingerprint density at radius 3 is 1.89 bits per heavy atom. The van der Waals surface area contributed by atoms with Gasteiger partial charge in [0.15, 0.2) is 0 Å². The zero-order valence-corrected chi connectivity index (χ0v) is 11.5. The van der Waals surface area contributed by atoms with Gasteiger partial charge in [-0.2, -0.15) is 0 Å². The predicted octanol–water partition coefficient (Wildman–Crippen LogP) is 2.52. The van der Waals surface area contributed by atoms with Crippen molar-refractivity contribution in [1.82, 2.24) is 0 Å². The molecule has 1 rings (SSSR count). The van der Waals surface area contributed by atoms with Gasteiger partial charge in [-0.15, -0.1) is 0 Å². The first kappa shape index (κ1) is 15.0. The molecule has 0 atom stereocenters. The van der Waals surface area contributed by atoms with Crippen LogP contribution in [0.15, 0.2) is 18.2 Å². The van der Waals surface area contributed by atoms with Crippen LogP contribution in [0, 0.1) is 0 Å². The highest BCUT2D eigenvalue weighted by atomic mass is 16.5. The van der Waals surface area contributed by atoms with Crippen molar-refractivity contribution < 1.29 is 24.2 Å². The number of carbonyl (C=O) groups excluding carboxylic acids is 2. The second-order valence-electron chi connectivity index (χ2n) is 4.64. The zero-order chi connectivity index (χ0) is 14.6. The maximum absolute atomic E-state index is 11.9. The van der Waals surface area contributed by atoms with Crippen LogP contribution in [0.2, 0.25) is 0 Å². The SMILES string of the molecule is CC(C)OC(=O)c1ccc(O)cc1C(=O)OC(C)C. The molecule has 104 valence electrons. The van der Waals surface area contributed by atoms with Crippen molar-refractivity contribution >= 4 is 11.9 Å². The Balaban J connectivity index is 3.11. The first-order valence-electron chi connectivity index (χ1n) is 6.06.